The molecule has 0 atom stereocenters. The van der Waals surface area contributed by atoms with Gasteiger partial charge in [0.05, 0.1) is 19.6 Å². The Labute approximate surface area is 806 Å². The van der Waals surface area contributed by atoms with Crippen molar-refractivity contribution in [3.8, 4) is 66.8 Å². The van der Waals surface area contributed by atoms with Crippen LogP contribution in [0.25, 0.3) is 66.8 Å². The van der Waals surface area contributed by atoms with Gasteiger partial charge < -0.3 is 34.1 Å². The Bertz CT molecular complexity index is 3830. The molecule has 0 saturated carbocycles. The van der Waals surface area contributed by atoms with Crippen LogP contribution in [-0.2, 0) is 30.2 Å². The van der Waals surface area contributed by atoms with Crippen LogP contribution < -0.4 is 0 Å². The van der Waals surface area contributed by atoms with Crippen LogP contribution in [0.4, 0.5) is 0 Å². The van der Waals surface area contributed by atoms with Gasteiger partial charge >= 0.3 is 21.6 Å². The maximum atomic E-state index is 7.92. The van der Waals surface area contributed by atoms with Gasteiger partial charge in [0.15, 0.2) is 0 Å². The standard InChI is InChI=1S/3C25H16.C9H21BO3.C2H7BO2.C2H5Br.12C2H6.CH5BO2.CH2BrI/c3*1-5-13-21-17(9-1)18-10-2-6-14-22(18)25(21)23-15-7-3-11-19(23)20-12-4-8-16-24(20)25;1-7(2)11-10(12-8(3)4)13-9(5)6;1-2-3(4)5;1-2-3;12*1-2;1-2(3)4;2-1-3/h3*1-16H;7-9H,1-6H3;4-5H,2H2,1H3;2H2,1H3;12*1-2H3;3-4H,1H3;1H2. The summed E-state index contributed by atoms with van der Waals surface area (Å²) in [4.78, 5) is 0. The Hall–Kier alpha value is -7.76. The highest BCUT2D eigenvalue weighted by molar-refractivity contribution is 14.1. The first-order valence-corrected chi connectivity index (χ1v) is 51.3. The van der Waals surface area contributed by atoms with Gasteiger partial charge in [-0.3, -0.25) is 0 Å². The van der Waals surface area contributed by atoms with Crippen molar-refractivity contribution in [3.05, 3.63) is 358 Å². The summed E-state index contributed by atoms with van der Waals surface area (Å²) in [5.41, 5.74) is 32.8. The van der Waals surface area contributed by atoms with Crippen LogP contribution in [0.15, 0.2) is 291 Å². The van der Waals surface area contributed by atoms with Gasteiger partial charge in [-0.05, 0) is 188 Å². The Kier molecular flexibility index (Phi) is 65.2. The first-order valence-electron chi connectivity index (χ1n) is 47.5. The second-order valence-corrected chi connectivity index (χ2v) is 31.1. The van der Waals surface area contributed by atoms with Gasteiger partial charge in [-0.2, -0.15) is 0 Å². The predicted octanol–water partition coefficient (Wildman–Crippen LogP) is 34.4. The summed E-state index contributed by atoms with van der Waals surface area (Å²) < 4.78 is 17.3. The SMILES string of the molecule is BrCI.CB(O)O.CC.CC.CC.CC.CC.CC.CC.CC.CC.CC.CC.CC.CC(C)OB(OC(C)C)OC(C)C.CCB(O)O.CCBr.c1ccc2c(c1)-c1ccccc1C21c2ccccc2-c2ccccc21.c1ccc2c(c1)-c1ccccc1C21c2ccccc2-c2ccccc21.c1ccc2c(c1)-c1ccccc1C21c2ccccc2-c2ccccc21. The summed E-state index contributed by atoms with van der Waals surface area (Å²) in [5, 5.41) is 32.1. The van der Waals surface area contributed by atoms with Crippen molar-refractivity contribution in [2.24, 2.45) is 0 Å². The first kappa shape index (κ1) is 121. The second kappa shape index (κ2) is 68.3. The Morgan fingerprint density at radius 3 is 0.394 bits per heavy atom. The zero-order chi connectivity index (χ0) is 97.0. The molecule has 4 N–H and O–H groups in total. The molecule has 0 heterocycles. The monoisotopic (exact) mass is 1960 g/mol. The molecule has 12 aromatic rings. The average molecular weight is 1960 g/mol. The summed E-state index contributed by atoms with van der Waals surface area (Å²) >= 11 is 8.48. The molecular formula is C114H160B3Br2IO7. The van der Waals surface area contributed by atoms with E-state index in [0.29, 0.717) is 6.32 Å². The summed E-state index contributed by atoms with van der Waals surface area (Å²) in [6.45, 7) is 64.8. The summed E-state index contributed by atoms with van der Waals surface area (Å²) in [5.74, 6) is 0. The lowest BCUT2D eigenvalue weighted by Crippen LogP contribution is -2.34. The van der Waals surface area contributed by atoms with Gasteiger partial charge in [0, 0.05) is 23.6 Å². The average Bonchev–Trinajstić information content (AvgIpc) is 1.53. The van der Waals surface area contributed by atoms with E-state index in [0.717, 1.165) is 8.67 Å². The highest BCUT2D eigenvalue weighted by Crippen LogP contribution is 2.66. The lowest BCUT2D eigenvalue weighted by Gasteiger charge is -2.30. The highest BCUT2D eigenvalue weighted by Gasteiger charge is 2.54. The minimum Gasteiger partial charge on any atom is -0.427 e. The molecule has 3 spiro atoms. The fourth-order valence-corrected chi connectivity index (χ4v) is 15.9. The Balaban J connectivity index is 0. The number of alkyl halides is 3. The number of fused-ring (bicyclic) bond motifs is 30. The van der Waals surface area contributed by atoms with Gasteiger partial charge in [0.2, 0.25) is 0 Å². The largest absolute Gasteiger partial charge is 0.639 e. The molecule has 18 rings (SSSR count). The zero-order valence-corrected chi connectivity index (χ0v) is 89.3. The van der Waals surface area contributed by atoms with Crippen LogP contribution in [-0.4, -0.2) is 68.6 Å². The van der Waals surface area contributed by atoms with Gasteiger partial charge in [-0.15, -0.1) is 0 Å². The van der Waals surface area contributed by atoms with Crippen molar-refractivity contribution in [3.63, 3.8) is 0 Å². The van der Waals surface area contributed by atoms with Gasteiger partial charge in [0.1, 0.15) is 0 Å². The molecule has 0 aliphatic heterocycles. The number of halogens is 3. The Morgan fingerprint density at radius 1 is 0.244 bits per heavy atom. The third-order valence-electron chi connectivity index (χ3n) is 19.2. The quantitative estimate of drug-likeness (QED) is 0.0715. The van der Waals surface area contributed by atoms with Gasteiger partial charge in [0.25, 0.3) is 0 Å². The van der Waals surface area contributed by atoms with Crippen molar-refractivity contribution in [1.29, 1.82) is 0 Å². The molecule has 688 valence electrons. The number of hydrogen-bond acceptors (Lipinski definition) is 7. The van der Waals surface area contributed by atoms with E-state index in [9.17, 15) is 0 Å². The normalized spacial score (nSPS) is 11.3. The predicted molar refractivity (Wildman–Crippen MR) is 583 cm³/mol. The van der Waals surface area contributed by atoms with E-state index >= 15 is 0 Å². The topological polar surface area (TPSA) is 109 Å². The van der Waals surface area contributed by atoms with E-state index in [2.05, 4.69) is 346 Å². The second-order valence-electron chi connectivity index (χ2n) is 26.5. The molecule has 6 aliphatic carbocycles. The van der Waals surface area contributed by atoms with Crippen molar-refractivity contribution in [2.75, 3.05) is 8.67 Å². The summed E-state index contributed by atoms with van der Waals surface area (Å²) in [6, 6.07) is 107. The third-order valence-corrected chi connectivity index (χ3v) is 19.2. The van der Waals surface area contributed by atoms with Gasteiger partial charge in [-0.25, -0.2) is 0 Å². The van der Waals surface area contributed by atoms with Crippen molar-refractivity contribution < 1.29 is 34.1 Å². The Morgan fingerprint density at radius 2 is 0.323 bits per heavy atom. The summed E-state index contributed by atoms with van der Waals surface area (Å²) in [6.07, 6.45) is 0.757. The van der Waals surface area contributed by atoms with Gasteiger partial charge in [-0.1, -0.05) is 526 Å². The maximum absolute atomic E-state index is 7.92. The first-order chi connectivity index (χ1) is 62.0. The molecule has 0 unspecified atom stereocenters. The van der Waals surface area contributed by atoms with Crippen LogP contribution in [0.1, 0.15) is 288 Å². The number of rotatable bonds is 7. The highest BCUT2D eigenvalue weighted by atomic mass is 127. The van der Waals surface area contributed by atoms with Crippen LogP contribution in [0.5, 0.6) is 0 Å². The molecule has 0 amide bonds. The molecule has 6 aliphatic rings. The van der Waals surface area contributed by atoms with Crippen LogP contribution in [0.2, 0.25) is 13.1 Å². The smallest absolute Gasteiger partial charge is 0.427 e. The molecule has 0 fully saturated rings. The fraction of sp³-hybridized carbons (Fsp3) is 0.368. The van der Waals surface area contributed by atoms with Crippen LogP contribution in [0.3, 0.4) is 0 Å². The van der Waals surface area contributed by atoms with E-state index in [1.54, 1.807) is 6.92 Å². The lowest BCUT2D eigenvalue weighted by molar-refractivity contribution is 0.0334. The molecule has 127 heavy (non-hydrogen) atoms. The molecule has 0 radical (unpaired) electrons. The minimum absolute atomic E-state index is 0.113. The molecule has 0 bridgehead atoms. The molecule has 12 aromatic carbocycles. The molecule has 0 saturated heterocycles. The van der Waals surface area contributed by atoms with E-state index in [-0.39, 0.29) is 34.6 Å². The van der Waals surface area contributed by atoms with Crippen molar-refractivity contribution >= 4 is 76.0 Å². The van der Waals surface area contributed by atoms with E-state index < -0.39 is 21.6 Å². The number of hydrogen-bond donors (Lipinski definition) is 4. The molecule has 13 heteroatoms. The summed E-state index contributed by atoms with van der Waals surface area (Å²) in [7, 11) is -2.82. The van der Waals surface area contributed by atoms with E-state index in [1.807, 2.05) is 215 Å². The van der Waals surface area contributed by atoms with Crippen LogP contribution in [0, 0.1) is 0 Å². The van der Waals surface area contributed by atoms with Crippen molar-refractivity contribution in [1.82, 2.24) is 0 Å². The maximum Gasteiger partial charge on any atom is 0.639 e. The molecule has 0 aromatic heterocycles. The number of benzene rings is 12. The lowest BCUT2D eigenvalue weighted by atomic mass is 9.70. The van der Waals surface area contributed by atoms with E-state index in [1.165, 1.54) is 140 Å². The molecular weight excluding hydrogens is 1800 g/mol. The minimum atomic E-state index is -1.17. The third kappa shape index (κ3) is 29.1. The zero-order valence-electron chi connectivity index (χ0n) is 83.9. The van der Waals surface area contributed by atoms with E-state index in [4.69, 9.17) is 34.1 Å². The fourth-order valence-electron chi connectivity index (χ4n) is 15.9. The van der Waals surface area contributed by atoms with Crippen molar-refractivity contribution in [2.45, 2.75) is 269 Å². The van der Waals surface area contributed by atoms with Crippen LogP contribution >= 0.6 is 54.5 Å². The molecule has 7 nitrogen and oxygen atoms in total.